The van der Waals surface area contributed by atoms with Crippen LogP contribution in [0.1, 0.15) is 38.3 Å². The first-order valence-corrected chi connectivity index (χ1v) is 7.24. The van der Waals surface area contributed by atoms with Gasteiger partial charge in [-0.05, 0) is 49.1 Å². The van der Waals surface area contributed by atoms with Gasteiger partial charge in [-0.2, -0.15) is 0 Å². The highest BCUT2D eigenvalue weighted by Gasteiger charge is 2.09. The van der Waals surface area contributed by atoms with Gasteiger partial charge in [0.2, 0.25) is 0 Å². The van der Waals surface area contributed by atoms with E-state index >= 15 is 0 Å². The molecule has 0 saturated heterocycles. The molecule has 1 N–H and O–H groups in total. The highest BCUT2D eigenvalue weighted by atomic mass is 16.4. The summed E-state index contributed by atoms with van der Waals surface area (Å²) in [4.78, 5) is 12.9. The predicted molar refractivity (Wildman–Crippen MR) is 85.2 cm³/mol. The fourth-order valence-corrected chi connectivity index (χ4v) is 2.13. The van der Waals surface area contributed by atoms with Crippen molar-refractivity contribution < 1.29 is 9.90 Å². The lowest BCUT2D eigenvalue weighted by atomic mass is 10.0. The Labute approximate surface area is 121 Å². The van der Waals surface area contributed by atoms with E-state index in [0.29, 0.717) is 5.92 Å². The van der Waals surface area contributed by atoms with Gasteiger partial charge in [0, 0.05) is 24.9 Å². The number of carboxylic acids is 1. The Bertz CT molecular complexity index is 480. The third kappa shape index (κ3) is 4.72. The second kappa shape index (κ2) is 7.73. The lowest BCUT2D eigenvalue weighted by Gasteiger charge is -2.26. The van der Waals surface area contributed by atoms with Crippen LogP contribution in [0.15, 0.2) is 24.3 Å². The van der Waals surface area contributed by atoms with E-state index in [1.54, 1.807) is 6.08 Å². The summed E-state index contributed by atoms with van der Waals surface area (Å²) in [5.74, 6) is -0.248. The minimum Gasteiger partial charge on any atom is -0.478 e. The van der Waals surface area contributed by atoms with Crippen LogP contribution in [0.5, 0.6) is 0 Å². The molecule has 1 aromatic rings. The first kappa shape index (κ1) is 16.3. The molecule has 0 fully saturated rings. The average molecular weight is 275 g/mol. The summed E-state index contributed by atoms with van der Waals surface area (Å²) in [5.41, 5.74) is 3.26. The van der Waals surface area contributed by atoms with E-state index in [-0.39, 0.29) is 0 Å². The van der Waals surface area contributed by atoms with Crippen molar-refractivity contribution in [3.8, 4) is 0 Å². The zero-order valence-corrected chi connectivity index (χ0v) is 12.9. The predicted octanol–water partition coefficient (Wildman–Crippen LogP) is 3.97. The maximum atomic E-state index is 10.6. The van der Waals surface area contributed by atoms with Crippen molar-refractivity contribution >= 4 is 17.7 Å². The van der Waals surface area contributed by atoms with Crippen molar-refractivity contribution in [2.45, 2.75) is 34.1 Å². The largest absolute Gasteiger partial charge is 0.478 e. The van der Waals surface area contributed by atoms with Gasteiger partial charge in [-0.3, -0.25) is 0 Å². The van der Waals surface area contributed by atoms with Gasteiger partial charge >= 0.3 is 5.97 Å². The molecule has 110 valence electrons. The number of hydrogen-bond donors (Lipinski definition) is 1. The number of nitrogens with zero attached hydrogens (tertiary/aromatic N) is 1. The molecule has 3 heteroatoms. The topological polar surface area (TPSA) is 40.5 Å². The monoisotopic (exact) mass is 275 g/mol. The smallest absolute Gasteiger partial charge is 0.328 e. The van der Waals surface area contributed by atoms with Crippen LogP contribution in [0, 0.1) is 12.8 Å². The van der Waals surface area contributed by atoms with Crippen LogP contribution in [0.3, 0.4) is 0 Å². The lowest BCUT2D eigenvalue weighted by Crippen LogP contribution is -2.28. The quantitative estimate of drug-likeness (QED) is 0.766. The maximum Gasteiger partial charge on any atom is 0.328 e. The van der Waals surface area contributed by atoms with E-state index in [4.69, 9.17) is 5.11 Å². The van der Waals surface area contributed by atoms with Gasteiger partial charge in [0.25, 0.3) is 0 Å². The van der Waals surface area contributed by atoms with Gasteiger partial charge in [0.05, 0.1) is 0 Å². The van der Waals surface area contributed by atoms with Gasteiger partial charge in [0.15, 0.2) is 0 Å². The Balaban J connectivity index is 2.92. The van der Waals surface area contributed by atoms with E-state index in [1.165, 1.54) is 18.2 Å². The standard InChI is InChI=1S/C17H25NO2/c1-5-13(3)12-18(6-2)16-9-7-15(14(4)11-16)8-10-17(19)20/h7-11,13H,5-6,12H2,1-4H3,(H,19,20). The van der Waals surface area contributed by atoms with Crippen molar-refractivity contribution in [3.63, 3.8) is 0 Å². The number of aryl methyl sites for hydroxylation is 1. The lowest BCUT2D eigenvalue weighted by molar-refractivity contribution is -0.131. The molecule has 0 aliphatic heterocycles. The summed E-state index contributed by atoms with van der Waals surface area (Å²) in [6.45, 7) is 10.7. The molecule has 0 aliphatic carbocycles. The summed E-state index contributed by atoms with van der Waals surface area (Å²) in [5, 5.41) is 8.68. The first-order valence-electron chi connectivity index (χ1n) is 7.24. The zero-order valence-electron chi connectivity index (χ0n) is 12.9. The molecular weight excluding hydrogens is 250 g/mol. The molecule has 0 amide bonds. The molecule has 0 saturated carbocycles. The van der Waals surface area contributed by atoms with Crippen LogP contribution in [-0.2, 0) is 4.79 Å². The minimum atomic E-state index is -0.916. The number of carboxylic acid groups (broad SMARTS) is 1. The first-order chi connectivity index (χ1) is 9.47. The Morgan fingerprint density at radius 1 is 1.40 bits per heavy atom. The van der Waals surface area contributed by atoms with Gasteiger partial charge in [0.1, 0.15) is 0 Å². The van der Waals surface area contributed by atoms with Crippen LogP contribution in [0.25, 0.3) is 6.08 Å². The van der Waals surface area contributed by atoms with Crippen molar-refractivity contribution in [2.24, 2.45) is 5.92 Å². The molecule has 0 bridgehead atoms. The van der Waals surface area contributed by atoms with Gasteiger partial charge in [-0.25, -0.2) is 4.79 Å². The second-order valence-corrected chi connectivity index (χ2v) is 5.26. The molecule has 0 spiro atoms. The van der Waals surface area contributed by atoms with Crippen molar-refractivity contribution in [2.75, 3.05) is 18.0 Å². The highest BCUT2D eigenvalue weighted by Crippen LogP contribution is 2.21. The molecule has 0 aromatic heterocycles. The van der Waals surface area contributed by atoms with Crippen molar-refractivity contribution in [3.05, 3.63) is 35.4 Å². The number of aliphatic carboxylic acids is 1. The Hall–Kier alpha value is -1.77. The van der Waals surface area contributed by atoms with Gasteiger partial charge in [-0.15, -0.1) is 0 Å². The van der Waals surface area contributed by atoms with Gasteiger partial charge < -0.3 is 10.0 Å². The van der Waals surface area contributed by atoms with Crippen LogP contribution in [0.2, 0.25) is 0 Å². The number of rotatable bonds is 7. The molecule has 0 heterocycles. The van der Waals surface area contributed by atoms with E-state index in [9.17, 15) is 4.79 Å². The van der Waals surface area contributed by atoms with Crippen molar-refractivity contribution in [1.82, 2.24) is 0 Å². The summed E-state index contributed by atoms with van der Waals surface area (Å²) < 4.78 is 0. The highest BCUT2D eigenvalue weighted by molar-refractivity contribution is 5.85. The third-order valence-electron chi connectivity index (χ3n) is 3.63. The van der Waals surface area contributed by atoms with E-state index in [1.807, 2.05) is 13.0 Å². The Morgan fingerprint density at radius 2 is 2.10 bits per heavy atom. The van der Waals surface area contributed by atoms with E-state index in [2.05, 4.69) is 37.8 Å². The molecule has 0 radical (unpaired) electrons. The average Bonchev–Trinajstić information content (AvgIpc) is 2.42. The summed E-state index contributed by atoms with van der Waals surface area (Å²) in [6, 6.07) is 6.19. The van der Waals surface area contributed by atoms with Crippen LogP contribution in [-0.4, -0.2) is 24.2 Å². The summed E-state index contributed by atoms with van der Waals surface area (Å²) >= 11 is 0. The van der Waals surface area contributed by atoms with E-state index < -0.39 is 5.97 Å². The molecule has 3 nitrogen and oxygen atoms in total. The number of hydrogen-bond acceptors (Lipinski definition) is 2. The van der Waals surface area contributed by atoms with Crippen LogP contribution >= 0.6 is 0 Å². The van der Waals surface area contributed by atoms with Crippen LogP contribution in [0.4, 0.5) is 5.69 Å². The normalized spacial score (nSPS) is 12.6. The Morgan fingerprint density at radius 3 is 2.60 bits per heavy atom. The molecule has 0 aliphatic rings. The molecule has 20 heavy (non-hydrogen) atoms. The number of carbonyl (C=O) groups is 1. The van der Waals surface area contributed by atoms with E-state index in [0.717, 1.165) is 24.2 Å². The molecule has 1 atom stereocenters. The SMILES string of the molecule is CCC(C)CN(CC)c1ccc(C=CC(=O)O)c(C)c1. The zero-order chi connectivity index (χ0) is 15.1. The van der Waals surface area contributed by atoms with Crippen molar-refractivity contribution in [1.29, 1.82) is 0 Å². The fourth-order valence-electron chi connectivity index (χ4n) is 2.13. The summed E-state index contributed by atoms with van der Waals surface area (Å²) in [6.07, 6.45) is 4.00. The van der Waals surface area contributed by atoms with Crippen LogP contribution < -0.4 is 4.90 Å². The second-order valence-electron chi connectivity index (χ2n) is 5.26. The molecule has 1 rings (SSSR count). The Kier molecular flexibility index (Phi) is 6.29. The number of benzene rings is 1. The molecule has 1 unspecified atom stereocenters. The summed E-state index contributed by atoms with van der Waals surface area (Å²) in [7, 11) is 0. The maximum absolute atomic E-state index is 10.6. The van der Waals surface area contributed by atoms with Gasteiger partial charge in [-0.1, -0.05) is 26.3 Å². The fraction of sp³-hybridized carbons (Fsp3) is 0.471. The molecular formula is C17H25NO2. The molecule has 1 aromatic carbocycles. The number of anilines is 1. The minimum absolute atomic E-state index is 0.668. The third-order valence-corrected chi connectivity index (χ3v) is 3.63.